The van der Waals surface area contributed by atoms with Crippen LogP contribution in [0.15, 0.2) is 24.3 Å². The normalized spacial score (nSPS) is 13.5. The molecule has 7 heteroatoms. The molecule has 1 rings (SSSR count). The molecule has 0 aliphatic heterocycles. The monoisotopic (exact) mass is 344 g/mol. The number of urea groups is 1. The van der Waals surface area contributed by atoms with Crippen molar-refractivity contribution in [1.29, 1.82) is 0 Å². The summed E-state index contributed by atoms with van der Waals surface area (Å²) >= 11 is 0. The summed E-state index contributed by atoms with van der Waals surface area (Å²) < 4.78 is 35.9. The maximum absolute atomic E-state index is 13.5. The zero-order chi connectivity index (χ0) is 17.8. The fraction of sp³-hybridized carbons (Fsp3) is 0.562. The summed E-state index contributed by atoms with van der Waals surface area (Å²) in [7, 11) is -1.61. The number of carbonyl (C=O) groups excluding carboxylic acids is 1. The molecule has 0 heterocycles. The van der Waals surface area contributed by atoms with E-state index in [4.69, 9.17) is 0 Å². The van der Waals surface area contributed by atoms with Gasteiger partial charge in [0, 0.05) is 19.8 Å². The predicted molar refractivity (Wildman–Crippen MR) is 89.5 cm³/mol. The van der Waals surface area contributed by atoms with E-state index in [2.05, 4.69) is 5.32 Å². The summed E-state index contributed by atoms with van der Waals surface area (Å²) in [5.41, 5.74) is 0.337. The van der Waals surface area contributed by atoms with Crippen molar-refractivity contribution in [3.8, 4) is 0 Å². The van der Waals surface area contributed by atoms with Crippen LogP contribution in [0.25, 0.3) is 0 Å². The second kappa shape index (κ2) is 7.29. The second-order valence-corrected chi connectivity index (χ2v) is 9.11. The van der Waals surface area contributed by atoms with Gasteiger partial charge in [-0.1, -0.05) is 32.9 Å². The number of sulfone groups is 1. The van der Waals surface area contributed by atoms with E-state index in [0.29, 0.717) is 5.56 Å². The SMILES string of the molecule is CN(CCS(C)(=O)=O)C(=O)NC(c1cccc(F)c1)C(C)(C)C. The van der Waals surface area contributed by atoms with Gasteiger partial charge in [0.25, 0.3) is 0 Å². The minimum Gasteiger partial charge on any atom is -0.331 e. The number of halogens is 1. The van der Waals surface area contributed by atoms with E-state index in [9.17, 15) is 17.6 Å². The minimum atomic E-state index is -3.14. The van der Waals surface area contributed by atoms with E-state index < -0.39 is 21.9 Å². The van der Waals surface area contributed by atoms with Gasteiger partial charge in [0.05, 0.1) is 11.8 Å². The molecule has 0 saturated carbocycles. The summed E-state index contributed by atoms with van der Waals surface area (Å²) in [6.07, 6.45) is 1.13. The molecule has 2 amide bonds. The van der Waals surface area contributed by atoms with Crippen LogP contribution < -0.4 is 5.32 Å². The van der Waals surface area contributed by atoms with E-state index in [0.717, 1.165) is 6.26 Å². The molecule has 0 aliphatic carbocycles. The summed E-state index contributed by atoms with van der Waals surface area (Å²) in [5, 5.41) is 2.86. The van der Waals surface area contributed by atoms with E-state index in [1.165, 1.54) is 24.1 Å². The van der Waals surface area contributed by atoms with E-state index in [-0.39, 0.29) is 23.5 Å². The van der Waals surface area contributed by atoms with Crippen LogP contribution >= 0.6 is 0 Å². The Hall–Kier alpha value is -1.63. The molecule has 1 N–H and O–H groups in total. The molecule has 0 radical (unpaired) electrons. The zero-order valence-corrected chi connectivity index (χ0v) is 15.1. The van der Waals surface area contributed by atoms with Crippen LogP contribution in [0.2, 0.25) is 0 Å². The highest BCUT2D eigenvalue weighted by Crippen LogP contribution is 2.33. The topological polar surface area (TPSA) is 66.5 Å². The molecule has 1 unspecified atom stereocenters. The lowest BCUT2D eigenvalue weighted by Gasteiger charge is -2.33. The van der Waals surface area contributed by atoms with E-state index in [1.54, 1.807) is 12.1 Å². The van der Waals surface area contributed by atoms with Crippen molar-refractivity contribution in [2.24, 2.45) is 5.41 Å². The second-order valence-electron chi connectivity index (χ2n) is 6.85. The third kappa shape index (κ3) is 6.56. The number of nitrogens with zero attached hydrogens (tertiary/aromatic N) is 1. The summed E-state index contributed by atoms with van der Waals surface area (Å²) in [6, 6.07) is 5.32. The highest BCUT2D eigenvalue weighted by Gasteiger charge is 2.29. The molecule has 130 valence electrons. The number of hydrogen-bond donors (Lipinski definition) is 1. The first-order chi connectivity index (χ1) is 10.4. The summed E-state index contributed by atoms with van der Waals surface area (Å²) in [5.74, 6) is -0.465. The summed E-state index contributed by atoms with van der Waals surface area (Å²) in [6.45, 7) is 5.93. The fourth-order valence-corrected chi connectivity index (χ4v) is 2.73. The van der Waals surface area contributed by atoms with Gasteiger partial charge in [-0.3, -0.25) is 0 Å². The van der Waals surface area contributed by atoms with Crippen molar-refractivity contribution in [2.75, 3.05) is 25.6 Å². The lowest BCUT2D eigenvalue weighted by Crippen LogP contribution is -2.44. The van der Waals surface area contributed by atoms with Gasteiger partial charge in [0.2, 0.25) is 0 Å². The van der Waals surface area contributed by atoms with Crippen molar-refractivity contribution in [3.05, 3.63) is 35.6 Å². The Morgan fingerprint density at radius 2 is 1.96 bits per heavy atom. The fourth-order valence-electron chi connectivity index (χ4n) is 2.12. The molecule has 1 aromatic rings. The van der Waals surface area contributed by atoms with Crippen LogP contribution in [-0.4, -0.2) is 44.9 Å². The van der Waals surface area contributed by atoms with Gasteiger partial charge in [-0.2, -0.15) is 0 Å². The van der Waals surface area contributed by atoms with Crippen LogP contribution in [0.3, 0.4) is 0 Å². The highest BCUT2D eigenvalue weighted by atomic mass is 32.2. The third-order valence-electron chi connectivity index (χ3n) is 3.46. The Morgan fingerprint density at radius 3 is 2.43 bits per heavy atom. The third-order valence-corrected chi connectivity index (χ3v) is 4.38. The number of benzene rings is 1. The molecular weight excluding hydrogens is 319 g/mol. The summed E-state index contributed by atoms with van der Waals surface area (Å²) in [4.78, 5) is 13.6. The number of amides is 2. The smallest absolute Gasteiger partial charge is 0.317 e. The molecule has 1 aromatic carbocycles. The van der Waals surface area contributed by atoms with Crippen molar-refractivity contribution < 1.29 is 17.6 Å². The number of carbonyl (C=O) groups is 1. The van der Waals surface area contributed by atoms with Crippen molar-refractivity contribution >= 4 is 15.9 Å². The first kappa shape index (κ1) is 19.4. The van der Waals surface area contributed by atoms with Gasteiger partial charge in [0.15, 0.2) is 0 Å². The molecular formula is C16H25FN2O3S. The van der Waals surface area contributed by atoms with Crippen LogP contribution in [0, 0.1) is 11.2 Å². The highest BCUT2D eigenvalue weighted by molar-refractivity contribution is 7.90. The van der Waals surface area contributed by atoms with Crippen LogP contribution in [-0.2, 0) is 9.84 Å². The number of hydrogen-bond acceptors (Lipinski definition) is 3. The Balaban J connectivity index is 2.88. The molecule has 0 saturated heterocycles. The Labute approximate surface area is 137 Å². The van der Waals surface area contributed by atoms with Gasteiger partial charge >= 0.3 is 6.03 Å². The Morgan fingerprint density at radius 1 is 1.35 bits per heavy atom. The Bertz CT molecular complexity index is 654. The van der Waals surface area contributed by atoms with Gasteiger partial charge in [-0.05, 0) is 23.1 Å². The van der Waals surface area contributed by atoms with E-state index >= 15 is 0 Å². The van der Waals surface area contributed by atoms with Gasteiger partial charge < -0.3 is 10.2 Å². The maximum atomic E-state index is 13.5. The molecule has 23 heavy (non-hydrogen) atoms. The average molecular weight is 344 g/mol. The van der Waals surface area contributed by atoms with Gasteiger partial charge in [-0.25, -0.2) is 17.6 Å². The minimum absolute atomic E-state index is 0.100. The predicted octanol–water partition coefficient (Wildman–Crippen LogP) is 2.60. The van der Waals surface area contributed by atoms with Gasteiger partial charge in [-0.15, -0.1) is 0 Å². The van der Waals surface area contributed by atoms with Crippen LogP contribution in [0.1, 0.15) is 32.4 Å². The van der Waals surface area contributed by atoms with Crippen LogP contribution in [0.4, 0.5) is 9.18 Å². The largest absolute Gasteiger partial charge is 0.331 e. The number of nitrogens with one attached hydrogen (secondary N) is 1. The van der Waals surface area contributed by atoms with E-state index in [1.807, 2.05) is 20.8 Å². The lowest BCUT2D eigenvalue weighted by molar-refractivity contribution is 0.191. The first-order valence-electron chi connectivity index (χ1n) is 7.35. The molecule has 0 spiro atoms. The van der Waals surface area contributed by atoms with Crippen molar-refractivity contribution in [3.63, 3.8) is 0 Å². The molecule has 1 atom stereocenters. The van der Waals surface area contributed by atoms with Crippen molar-refractivity contribution in [2.45, 2.75) is 26.8 Å². The molecule has 0 aromatic heterocycles. The lowest BCUT2D eigenvalue weighted by atomic mass is 9.82. The first-order valence-corrected chi connectivity index (χ1v) is 9.41. The molecule has 5 nitrogen and oxygen atoms in total. The molecule has 0 bridgehead atoms. The average Bonchev–Trinajstić information content (AvgIpc) is 2.39. The Kier molecular flexibility index (Phi) is 6.16. The van der Waals surface area contributed by atoms with Gasteiger partial charge in [0.1, 0.15) is 15.7 Å². The van der Waals surface area contributed by atoms with Crippen molar-refractivity contribution in [1.82, 2.24) is 10.2 Å². The van der Waals surface area contributed by atoms with Crippen LogP contribution in [0.5, 0.6) is 0 Å². The zero-order valence-electron chi connectivity index (χ0n) is 14.3. The maximum Gasteiger partial charge on any atom is 0.317 e. The molecule has 0 aliphatic rings. The standard InChI is InChI=1S/C16H25FN2O3S/c1-16(2,3)14(12-7-6-8-13(17)11-12)18-15(20)19(4)9-10-23(5,21)22/h6-8,11,14H,9-10H2,1-5H3,(H,18,20). The number of rotatable bonds is 5. The quantitative estimate of drug-likeness (QED) is 0.893. The molecule has 0 fully saturated rings.